The molecule has 2 aliphatic heterocycles. The van der Waals surface area contributed by atoms with Crippen LogP contribution in [-0.2, 0) is 0 Å². The van der Waals surface area contributed by atoms with E-state index in [1.807, 2.05) is 11.9 Å². The first-order valence-corrected chi connectivity index (χ1v) is 7.80. The third-order valence-corrected chi connectivity index (χ3v) is 5.10. The molecule has 0 atom stereocenters. The maximum Gasteiger partial charge on any atom is 0.142 e. The summed E-state index contributed by atoms with van der Waals surface area (Å²) in [6, 6.07) is 8.90. The highest BCUT2D eigenvalue weighted by atomic mass is 32.2. The fraction of sp³-hybridized carbons (Fsp3) is 0.214. The van der Waals surface area contributed by atoms with Gasteiger partial charge >= 0.3 is 0 Å². The molecule has 2 aliphatic rings. The van der Waals surface area contributed by atoms with Crippen LogP contribution in [0.25, 0.3) is 11.1 Å². The first kappa shape index (κ1) is 10.6. The van der Waals surface area contributed by atoms with Crippen molar-refractivity contribution in [3.8, 4) is 11.1 Å². The van der Waals surface area contributed by atoms with Crippen LogP contribution in [0.3, 0.4) is 0 Å². The van der Waals surface area contributed by atoms with Crippen LogP contribution in [0.2, 0.25) is 0 Å². The van der Waals surface area contributed by atoms with Crippen LogP contribution in [0, 0.1) is 0 Å². The van der Waals surface area contributed by atoms with Gasteiger partial charge in [-0.15, -0.1) is 0 Å². The standard InChI is InChI=1S/C14H12N2S2/c1-5-15-14-12-3-2-10(11-4-7-17-9-11)8-13(12)18-16(14)6-1/h2-4,7-9H,1,5-6H2. The van der Waals surface area contributed by atoms with Gasteiger partial charge in [0.05, 0.1) is 0 Å². The Kier molecular flexibility index (Phi) is 2.45. The maximum atomic E-state index is 4.65. The van der Waals surface area contributed by atoms with E-state index in [0.717, 1.165) is 13.1 Å². The van der Waals surface area contributed by atoms with Gasteiger partial charge in [0.15, 0.2) is 0 Å². The quantitative estimate of drug-likeness (QED) is 0.732. The summed E-state index contributed by atoms with van der Waals surface area (Å²) < 4.78 is 2.32. The summed E-state index contributed by atoms with van der Waals surface area (Å²) in [5.41, 5.74) is 3.93. The summed E-state index contributed by atoms with van der Waals surface area (Å²) in [7, 11) is 0. The Morgan fingerprint density at radius 3 is 3.06 bits per heavy atom. The molecule has 0 spiro atoms. The summed E-state index contributed by atoms with van der Waals surface area (Å²) in [5, 5.41) is 4.33. The largest absolute Gasteiger partial charge is 0.296 e. The van der Waals surface area contributed by atoms with Gasteiger partial charge in [-0.2, -0.15) is 11.3 Å². The average molecular weight is 272 g/mol. The molecule has 0 bridgehead atoms. The maximum absolute atomic E-state index is 4.65. The molecule has 0 radical (unpaired) electrons. The van der Waals surface area contributed by atoms with E-state index in [2.05, 4.69) is 44.3 Å². The molecule has 3 heterocycles. The minimum absolute atomic E-state index is 0.970. The van der Waals surface area contributed by atoms with Crippen molar-refractivity contribution in [1.29, 1.82) is 0 Å². The van der Waals surface area contributed by atoms with Gasteiger partial charge in [0, 0.05) is 23.5 Å². The van der Waals surface area contributed by atoms with E-state index in [0.29, 0.717) is 0 Å². The summed E-state index contributed by atoms with van der Waals surface area (Å²) in [5.74, 6) is 1.18. The van der Waals surface area contributed by atoms with E-state index in [-0.39, 0.29) is 0 Å². The lowest BCUT2D eigenvalue weighted by atomic mass is 10.1. The van der Waals surface area contributed by atoms with E-state index in [1.165, 1.54) is 33.8 Å². The number of benzene rings is 1. The van der Waals surface area contributed by atoms with Crippen LogP contribution in [-0.4, -0.2) is 23.2 Å². The van der Waals surface area contributed by atoms with Crippen molar-refractivity contribution in [1.82, 2.24) is 4.31 Å². The Bertz CT molecular complexity index is 617. The first-order valence-electron chi connectivity index (χ1n) is 6.09. The molecule has 2 aromatic rings. The minimum atomic E-state index is 0.970. The second kappa shape index (κ2) is 4.14. The van der Waals surface area contributed by atoms with Crippen LogP contribution in [0.4, 0.5) is 0 Å². The van der Waals surface area contributed by atoms with Crippen molar-refractivity contribution in [2.75, 3.05) is 13.1 Å². The summed E-state index contributed by atoms with van der Waals surface area (Å²) in [6.07, 6.45) is 1.17. The molecule has 90 valence electrons. The van der Waals surface area contributed by atoms with Crippen LogP contribution >= 0.6 is 23.3 Å². The lowest BCUT2D eigenvalue weighted by Gasteiger charge is -2.20. The number of amidine groups is 1. The summed E-state index contributed by atoms with van der Waals surface area (Å²) in [6.45, 7) is 2.09. The Morgan fingerprint density at radius 1 is 1.17 bits per heavy atom. The van der Waals surface area contributed by atoms with E-state index >= 15 is 0 Å². The molecule has 1 aromatic heterocycles. The predicted octanol–water partition coefficient (Wildman–Crippen LogP) is 3.89. The lowest BCUT2D eigenvalue weighted by Crippen LogP contribution is -2.26. The Hall–Kier alpha value is -1.26. The molecule has 4 heteroatoms. The molecule has 0 unspecified atom stereocenters. The molecule has 2 nitrogen and oxygen atoms in total. The predicted molar refractivity (Wildman–Crippen MR) is 78.3 cm³/mol. The Labute approximate surface area is 114 Å². The smallest absolute Gasteiger partial charge is 0.142 e. The highest BCUT2D eigenvalue weighted by Gasteiger charge is 2.28. The number of thiophene rings is 1. The zero-order chi connectivity index (χ0) is 11.9. The molecule has 18 heavy (non-hydrogen) atoms. The van der Waals surface area contributed by atoms with Crippen molar-refractivity contribution in [2.45, 2.75) is 11.3 Å². The van der Waals surface area contributed by atoms with E-state index < -0.39 is 0 Å². The van der Waals surface area contributed by atoms with Crippen molar-refractivity contribution in [3.63, 3.8) is 0 Å². The van der Waals surface area contributed by atoms with Gasteiger partial charge in [0.25, 0.3) is 0 Å². The van der Waals surface area contributed by atoms with E-state index in [9.17, 15) is 0 Å². The number of hydrogen-bond donors (Lipinski definition) is 0. The molecular weight excluding hydrogens is 260 g/mol. The van der Waals surface area contributed by atoms with Crippen LogP contribution in [0.15, 0.2) is 44.9 Å². The van der Waals surface area contributed by atoms with E-state index in [1.54, 1.807) is 11.3 Å². The Morgan fingerprint density at radius 2 is 2.17 bits per heavy atom. The molecule has 4 rings (SSSR count). The van der Waals surface area contributed by atoms with Crippen LogP contribution < -0.4 is 0 Å². The van der Waals surface area contributed by atoms with Crippen LogP contribution in [0.5, 0.6) is 0 Å². The van der Waals surface area contributed by atoms with Crippen molar-refractivity contribution < 1.29 is 0 Å². The first-order chi connectivity index (χ1) is 8.92. The normalized spacial score (nSPS) is 17.3. The second-order valence-electron chi connectivity index (χ2n) is 4.48. The molecular formula is C14H12N2S2. The molecule has 0 saturated heterocycles. The van der Waals surface area contributed by atoms with Crippen molar-refractivity contribution >= 4 is 29.1 Å². The zero-order valence-corrected chi connectivity index (χ0v) is 11.4. The molecule has 0 amide bonds. The van der Waals surface area contributed by atoms with Gasteiger partial charge in [0.1, 0.15) is 5.84 Å². The second-order valence-corrected chi connectivity index (χ2v) is 6.32. The fourth-order valence-corrected chi connectivity index (χ4v) is 4.20. The summed E-state index contributed by atoms with van der Waals surface area (Å²) >= 11 is 3.58. The number of rotatable bonds is 1. The monoisotopic (exact) mass is 272 g/mol. The van der Waals surface area contributed by atoms with Gasteiger partial charge in [0.2, 0.25) is 0 Å². The summed E-state index contributed by atoms with van der Waals surface area (Å²) in [4.78, 5) is 6.00. The highest BCUT2D eigenvalue weighted by molar-refractivity contribution is 7.98. The van der Waals surface area contributed by atoms with Crippen molar-refractivity contribution in [3.05, 3.63) is 40.6 Å². The Balaban J connectivity index is 1.79. The average Bonchev–Trinajstić information content (AvgIpc) is 3.05. The topological polar surface area (TPSA) is 15.6 Å². The number of nitrogens with zero attached hydrogens (tertiary/aromatic N) is 2. The zero-order valence-electron chi connectivity index (χ0n) is 9.80. The SMILES string of the molecule is c1cc(-c2ccc3c(c2)SN2CCCN=C32)cs1. The van der Waals surface area contributed by atoms with Gasteiger partial charge in [-0.3, -0.25) is 9.30 Å². The van der Waals surface area contributed by atoms with Crippen molar-refractivity contribution in [2.24, 2.45) is 4.99 Å². The third kappa shape index (κ3) is 1.60. The number of aliphatic imine (C=N–C) groups is 1. The molecule has 0 fully saturated rings. The highest BCUT2D eigenvalue weighted by Crippen LogP contribution is 2.40. The van der Waals surface area contributed by atoms with Gasteiger partial charge in [-0.05, 0) is 58.5 Å². The molecule has 0 aliphatic carbocycles. The van der Waals surface area contributed by atoms with Gasteiger partial charge < -0.3 is 0 Å². The molecule has 0 saturated carbocycles. The van der Waals surface area contributed by atoms with E-state index in [4.69, 9.17) is 0 Å². The fourth-order valence-electron chi connectivity index (χ4n) is 2.40. The van der Waals surface area contributed by atoms with Crippen LogP contribution in [0.1, 0.15) is 12.0 Å². The molecule has 1 aromatic carbocycles. The van der Waals surface area contributed by atoms with Gasteiger partial charge in [-0.25, -0.2) is 0 Å². The number of hydrogen-bond acceptors (Lipinski definition) is 4. The minimum Gasteiger partial charge on any atom is -0.296 e. The number of fused-ring (bicyclic) bond motifs is 3. The lowest BCUT2D eigenvalue weighted by molar-refractivity contribution is 0.603. The molecule has 0 N–H and O–H groups in total. The van der Waals surface area contributed by atoms with Gasteiger partial charge in [-0.1, -0.05) is 6.07 Å². The third-order valence-electron chi connectivity index (χ3n) is 3.30.